The fourth-order valence-electron chi connectivity index (χ4n) is 2.43. The molecular formula is C14H21BrN2O. The van der Waals surface area contributed by atoms with Crippen molar-refractivity contribution < 1.29 is 4.74 Å². The van der Waals surface area contributed by atoms with E-state index in [1.165, 1.54) is 12.8 Å². The molecule has 1 aromatic heterocycles. The highest BCUT2D eigenvalue weighted by atomic mass is 79.9. The number of halogens is 1. The zero-order valence-electron chi connectivity index (χ0n) is 11.0. The van der Waals surface area contributed by atoms with Gasteiger partial charge in [-0.1, -0.05) is 6.92 Å². The molecule has 1 aliphatic carbocycles. The van der Waals surface area contributed by atoms with Crippen molar-refractivity contribution in [1.82, 2.24) is 10.3 Å². The Bertz CT molecular complexity index is 365. The second kappa shape index (κ2) is 6.64. The van der Waals surface area contributed by atoms with Gasteiger partial charge in [-0.25, -0.2) is 0 Å². The van der Waals surface area contributed by atoms with Crippen LogP contribution in [-0.2, 0) is 11.2 Å². The Labute approximate surface area is 117 Å². The number of nitrogens with one attached hydrogen (secondary N) is 1. The van der Waals surface area contributed by atoms with Crippen LogP contribution in [0.4, 0.5) is 0 Å². The molecule has 2 atom stereocenters. The van der Waals surface area contributed by atoms with E-state index in [0.29, 0.717) is 12.1 Å². The molecule has 100 valence electrons. The number of pyridine rings is 1. The van der Waals surface area contributed by atoms with Gasteiger partial charge in [0.1, 0.15) is 0 Å². The van der Waals surface area contributed by atoms with Crippen molar-refractivity contribution in [2.24, 2.45) is 5.92 Å². The molecule has 1 fully saturated rings. The largest absolute Gasteiger partial charge is 0.380 e. The number of hydrogen-bond acceptors (Lipinski definition) is 3. The first kappa shape index (κ1) is 14.0. The molecule has 1 saturated carbocycles. The van der Waals surface area contributed by atoms with Gasteiger partial charge in [-0.15, -0.1) is 0 Å². The summed E-state index contributed by atoms with van der Waals surface area (Å²) in [5, 5.41) is 3.54. The fourth-order valence-corrected chi connectivity index (χ4v) is 2.66. The minimum absolute atomic E-state index is 0.315. The monoisotopic (exact) mass is 312 g/mol. The lowest BCUT2D eigenvalue weighted by atomic mass is 10.0. The van der Waals surface area contributed by atoms with E-state index in [1.54, 1.807) is 0 Å². The van der Waals surface area contributed by atoms with E-state index in [0.717, 1.165) is 29.1 Å². The molecule has 4 heteroatoms. The average Bonchev–Trinajstić information content (AvgIpc) is 3.18. The Balaban J connectivity index is 2.02. The van der Waals surface area contributed by atoms with E-state index < -0.39 is 0 Å². The summed E-state index contributed by atoms with van der Waals surface area (Å²) in [6.45, 7) is 3.11. The van der Waals surface area contributed by atoms with Gasteiger partial charge in [0, 0.05) is 35.9 Å². The van der Waals surface area contributed by atoms with E-state index in [4.69, 9.17) is 4.74 Å². The van der Waals surface area contributed by atoms with Crippen LogP contribution in [0.25, 0.3) is 0 Å². The van der Waals surface area contributed by atoms with Crippen molar-refractivity contribution in [2.75, 3.05) is 13.7 Å². The molecule has 1 aliphatic rings. The lowest BCUT2D eigenvalue weighted by Crippen LogP contribution is -2.43. The maximum absolute atomic E-state index is 5.69. The molecular weight excluding hydrogens is 292 g/mol. The van der Waals surface area contributed by atoms with Gasteiger partial charge >= 0.3 is 0 Å². The van der Waals surface area contributed by atoms with Crippen molar-refractivity contribution in [1.29, 1.82) is 0 Å². The number of hydrogen-bond donors (Lipinski definition) is 1. The Morgan fingerprint density at radius 3 is 2.78 bits per heavy atom. The Morgan fingerprint density at radius 2 is 2.28 bits per heavy atom. The number of likely N-dealkylation sites (N-methyl/N-ethyl adjacent to an activating group) is 1. The van der Waals surface area contributed by atoms with Gasteiger partial charge in [-0.05, 0) is 53.4 Å². The summed E-state index contributed by atoms with van der Waals surface area (Å²) in [7, 11) is 1.82. The average molecular weight is 313 g/mol. The predicted molar refractivity (Wildman–Crippen MR) is 76.6 cm³/mol. The minimum atomic E-state index is 0.315. The number of nitrogens with zero attached hydrogens (tertiary/aromatic N) is 1. The highest BCUT2D eigenvalue weighted by molar-refractivity contribution is 9.10. The molecule has 0 spiro atoms. The summed E-state index contributed by atoms with van der Waals surface area (Å²) < 4.78 is 6.71. The molecule has 0 bridgehead atoms. The van der Waals surface area contributed by atoms with E-state index in [9.17, 15) is 0 Å². The predicted octanol–water partition coefficient (Wildman–Crippen LogP) is 2.79. The molecule has 2 unspecified atom stereocenters. The van der Waals surface area contributed by atoms with Crippen molar-refractivity contribution in [3.8, 4) is 0 Å². The topological polar surface area (TPSA) is 34.2 Å². The molecule has 18 heavy (non-hydrogen) atoms. The van der Waals surface area contributed by atoms with Crippen LogP contribution in [-0.4, -0.2) is 30.8 Å². The van der Waals surface area contributed by atoms with Crippen LogP contribution in [0.15, 0.2) is 22.8 Å². The molecule has 2 rings (SSSR count). The Hall–Kier alpha value is -0.450. The van der Waals surface area contributed by atoms with E-state index in [1.807, 2.05) is 19.4 Å². The van der Waals surface area contributed by atoms with Crippen LogP contribution >= 0.6 is 15.9 Å². The molecule has 0 amide bonds. The van der Waals surface area contributed by atoms with Gasteiger partial charge in [0.15, 0.2) is 0 Å². The smallest absolute Gasteiger partial charge is 0.0756 e. The van der Waals surface area contributed by atoms with Crippen LogP contribution in [0.1, 0.15) is 25.5 Å². The van der Waals surface area contributed by atoms with E-state index in [-0.39, 0.29) is 0 Å². The molecule has 0 aliphatic heterocycles. The molecule has 1 N–H and O–H groups in total. The van der Waals surface area contributed by atoms with Crippen LogP contribution in [0, 0.1) is 5.92 Å². The maximum Gasteiger partial charge on any atom is 0.0756 e. The second-order valence-electron chi connectivity index (χ2n) is 4.87. The number of ether oxygens (including phenoxy) is 1. The van der Waals surface area contributed by atoms with Crippen molar-refractivity contribution in [3.63, 3.8) is 0 Å². The third kappa shape index (κ3) is 3.77. The van der Waals surface area contributed by atoms with E-state index >= 15 is 0 Å². The van der Waals surface area contributed by atoms with Crippen molar-refractivity contribution in [3.05, 3.63) is 28.5 Å². The number of methoxy groups -OCH3 is 1. The minimum Gasteiger partial charge on any atom is -0.380 e. The third-order valence-electron chi connectivity index (χ3n) is 3.44. The fraction of sp³-hybridized carbons (Fsp3) is 0.643. The Kier molecular flexibility index (Phi) is 5.15. The highest BCUT2D eigenvalue weighted by Gasteiger charge is 2.36. The highest BCUT2D eigenvalue weighted by Crippen LogP contribution is 2.36. The van der Waals surface area contributed by atoms with Crippen LogP contribution < -0.4 is 5.32 Å². The zero-order valence-corrected chi connectivity index (χ0v) is 12.6. The van der Waals surface area contributed by atoms with Crippen LogP contribution in [0.2, 0.25) is 0 Å². The van der Waals surface area contributed by atoms with Gasteiger partial charge in [-0.2, -0.15) is 0 Å². The van der Waals surface area contributed by atoms with Crippen LogP contribution in [0.5, 0.6) is 0 Å². The first-order valence-corrected chi connectivity index (χ1v) is 7.40. The van der Waals surface area contributed by atoms with E-state index in [2.05, 4.69) is 39.2 Å². The maximum atomic E-state index is 5.69. The third-order valence-corrected chi connectivity index (χ3v) is 3.91. The molecule has 3 nitrogen and oxygen atoms in total. The summed E-state index contributed by atoms with van der Waals surface area (Å²) in [5.41, 5.74) is 1.12. The van der Waals surface area contributed by atoms with Gasteiger partial charge in [-0.3, -0.25) is 4.98 Å². The standard InChI is InChI=1S/C14H21BrN2O/c1-3-16-13(14(18-2)10-4-5-10)8-12-7-6-11(15)9-17-12/h6-7,9-10,13-14,16H,3-5,8H2,1-2H3. The normalized spacial score (nSPS) is 18.6. The first-order valence-electron chi connectivity index (χ1n) is 6.61. The van der Waals surface area contributed by atoms with Gasteiger partial charge in [0.05, 0.1) is 6.10 Å². The lowest BCUT2D eigenvalue weighted by Gasteiger charge is -2.26. The second-order valence-corrected chi connectivity index (χ2v) is 5.79. The molecule has 1 aromatic rings. The van der Waals surface area contributed by atoms with Gasteiger partial charge in [0.2, 0.25) is 0 Å². The molecule has 1 heterocycles. The summed E-state index contributed by atoms with van der Waals surface area (Å²) in [6.07, 6.45) is 5.70. The van der Waals surface area contributed by atoms with Crippen molar-refractivity contribution in [2.45, 2.75) is 38.3 Å². The number of rotatable bonds is 7. The lowest BCUT2D eigenvalue weighted by molar-refractivity contribution is 0.0513. The van der Waals surface area contributed by atoms with Crippen molar-refractivity contribution >= 4 is 15.9 Å². The van der Waals surface area contributed by atoms with Gasteiger partial charge in [0.25, 0.3) is 0 Å². The van der Waals surface area contributed by atoms with Crippen LogP contribution in [0.3, 0.4) is 0 Å². The molecule has 0 saturated heterocycles. The summed E-state index contributed by atoms with van der Waals surface area (Å²) >= 11 is 3.42. The van der Waals surface area contributed by atoms with Gasteiger partial charge < -0.3 is 10.1 Å². The zero-order chi connectivity index (χ0) is 13.0. The molecule has 0 radical (unpaired) electrons. The Morgan fingerprint density at radius 1 is 1.50 bits per heavy atom. The molecule has 0 aromatic carbocycles. The first-order chi connectivity index (χ1) is 8.74. The summed E-state index contributed by atoms with van der Waals surface area (Å²) in [4.78, 5) is 4.45. The summed E-state index contributed by atoms with van der Waals surface area (Å²) in [5.74, 6) is 0.731. The quantitative estimate of drug-likeness (QED) is 0.840. The SMILES string of the molecule is CCNC(Cc1ccc(Br)cn1)C(OC)C1CC1. The summed E-state index contributed by atoms with van der Waals surface area (Å²) in [6, 6.07) is 4.49. The number of aromatic nitrogens is 1.